The van der Waals surface area contributed by atoms with Gasteiger partial charge in [0.2, 0.25) is 0 Å². The zero-order valence-electron chi connectivity index (χ0n) is 23.9. The van der Waals surface area contributed by atoms with Gasteiger partial charge in [-0.2, -0.15) is 0 Å². The Hall–Kier alpha value is -4.58. The number of aromatic nitrogens is 4. The van der Waals surface area contributed by atoms with E-state index in [1.54, 1.807) is 21.3 Å². The number of benzene rings is 3. The summed E-state index contributed by atoms with van der Waals surface area (Å²) in [6.45, 7) is -0.131. The van der Waals surface area contributed by atoms with Gasteiger partial charge in [0.15, 0.2) is 23.9 Å². The minimum Gasteiger partial charge on any atom is -0.497 e. The van der Waals surface area contributed by atoms with Crippen molar-refractivity contribution in [1.29, 1.82) is 0 Å². The van der Waals surface area contributed by atoms with Gasteiger partial charge in [-0.05, 0) is 41.0 Å². The summed E-state index contributed by atoms with van der Waals surface area (Å²) < 4.78 is 41.0. The molecule has 0 spiro atoms. The van der Waals surface area contributed by atoms with E-state index in [4.69, 9.17) is 18.9 Å². The van der Waals surface area contributed by atoms with Gasteiger partial charge < -0.3 is 29.4 Å². The van der Waals surface area contributed by atoms with Crippen LogP contribution in [0.15, 0.2) is 91.5 Å². The normalized spacial score (nSPS) is 20.3. The van der Waals surface area contributed by atoms with Crippen molar-refractivity contribution in [2.75, 3.05) is 33.2 Å². The van der Waals surface area contributed by atoms with Crippen LogP contribution in [-0.4, -0.2) is 70.9 Å². The highest BCUT2D eigenvalue weighted by Gasteiger charge is 2.48. The van der Waals surface area contributed by atoms with Crippen LogP contribution in [0.4, 0.5) is 10.2 Å². The third kappa shape index (κ3) is 5.05. The number of hydrogen-bond donors (Lipinski definition) is 2. The van der Waals surface area contributed by atoms with Gasteiger partial charge in [0.1, 0.15) is 41.2 Å². The highest BCUT2D eigenvalue weighted by atomic mass is 19.1. The van der Waals surface area contributed by atoms with Crippen LogP contribution >= 0.6 is 0 Å². The molecule has 11 heteroatoms. The van der Waals surface area contributed by atoms with Gasteiger partial charge in [-0.3, -0.25) is 4.57 Å². The molecule has 5 aromatic rings. The lowest BCUT2D eigenvalue weighted by atomic mass is 9.80. The maximum Gasteiger partial charge on any atom is 0.173 e. The molecular formula is C32H32FN5O5. The summed E-state index contributed by atoms with van der Waals surface area (Å²) in [5.41, 5.74) is 2.16. The molecule has 0 bridgehead atoms. The largest absolute Gasteiger partial charge is 0.497 e. The molecule has 1 saturated heterocycles. The molecule has 2 N–H and O–H groups in total. The second-order valence-corrected chi connectivity index (χ2v) is 10.1. The number of rotatable bonds is 10. The quantitative estimate of drug-likeness (QED) is 0.229. The first-order valence-corrected chi connectivity index (χ1v) is 13.8. The van der Waals surface area contributed by atoms with Crippen LogP contribution in [0.5, 0.6) is 11.5 Å². The van der Waals surface area contributed by atoms with Crippen molar-refractivity contribution < 1.29 is 28.4 Å². The van der Waals surface area contributed by atoms with E-state index >= 15 is 4.39 Å². The fourth-order valence-corrected chi connectivity index (χ4v) is 5.57. The number of fused-ring (bicyclic) bond motifs is 1. The number of aliphatic hydroxyl groups excluding tert-OH is 1. The number of hydrogen-bond acceptors (Lipinski definition) is 9. The lowest BCUT2D eigenvalue weighted by molar-refractivity contribution is -0.0935. The van der Waals surface area contributed by atoms with Crippen molar-refractivity contribution in [3.05, 3.63) is 108 Å². The second kappa shape index (κ2) is 12.0. The lowest BCUT2D eigenvalue weighted by Gasteiger charge is -2.37. The van der Waals surface area contributed by atoms with Crippen LogP contribution < -0.4 is 14.8 Å². The first-order valence-electron chi connectivity index (χ1n) is 13.8. The molecule has 1 aliphatic rings. The van der Waals surface area contributed by atoms with Gasteiger partial charge >= 0.3 is 0 Å². The Labute approximate surface area is 248 Å². The summed E-state index contributed by atoms with van der Waals surface area (Å²) in [7, 11) is 4.93. The number of anilines is 1. The van der Waals surface area contributed by atoms with E-state index in [0.29, 0.717) is 28.5 Å². The van der Waals surface area contributed by atoms with Gasteiger partial charge in [0.25, 0.3) is 0 Å². The highest BCUT2D eigenvalue weighted by Crippen LogP contribution is 2.43. The van der Waals surface area contributed by atoms with Crippen molar-refractivity contribution in [1.82, 2.24) is 19.5 Å². The number of nitrogens with one attached hydrogen (secondary N) is 1. The third-order valence-electron chi connectivity index (χ3n) is 7.80. The van der Waals surface area contributed by atoms with Crippen LogP contribution in [0.25, 0.3) is 11.2 Å². The summed E-state index contributed by atoms with van der Waals surface area (Å²) in [5.74, 6) is 1.89. The van der Waals surface area contributed by atoms with E-state index in [9.17, 15) is 5.11 Å². The van der Waals surface area contributed by atoms with Crippen LogP contribution in [0.1, 0.15) is 22.9 Å². The Bertz CT molecular complexity index is 1620. The molecule has 6 rings (SSSR count). The molecule has 1 aliphatic heterocycles. The molecule has 1 fully saturated rings. The van der Waals surface area contributed by atoms with Gasteiger partial charge in [0, 0.05) is 7.05 Å². The van der Waals surface area contributed by atoms with Crippen LogP contribution in [0.2, 0.25) is 0 Å². The van der Waals surface area contributed by atoms with E-state index < -0.39 is 30.2 Å². The summed E-state index contributed by atoms with van der Waals surface area (Å²) >= 11 is 0. The molecule has 0 saturated carbocycles. The summed E-state index contributed by atoms with van der Waals surface area (Å²) in [6, 6.07) is 24.9. The van der Waals surface area contributed by atoms with Crippen LogP contribution in [-0.2, 0) is 15.1 Å². The predicted octanol–water partition coefficient (Wildman–Crippen LogP) is 4.49. The van der Waals surface area contributed by atoms with E-state index in [2.05, 4.69) is 20.3 Å². The van der Waals surface area contributed by atoms with Crippen molar-refractivity contribution in [2.45, 2.75) is 30.2 Å². The fraction of sp³-hybridized carbons (Fsp3) is 0.281. The number of ether oxygens (including phenoxy) is 4. The highest BCUT2D eigenvalue weighted by molar-refractivity contribution is 5.82. The molecule has 0 amide bonds. The van der Waals surface area contributed by atoms with Crippen molar-refractivity contribution in [2.24, 2.45) is 0 Å². The van der Waals surface area contributed by atoms with Gasteiger partial charge in [0.05, 0.1) is 27.2 Å². The molecule has 10 nitrogen and oxygen atoms in total. The molecule has 43 heavy (non-hydrogen) atoms. The first-order chi connectivity index (χ1) is 21.0. The molecule has 0 radical (unpaired) electrons. The SMILES string of the molecule is CNc1ncnc2c1ncn2[C@@H]1O[C@H](COC(c2ccccc2)(c2ccc(OC)cc2)c2ccc(OC)cc2)C(O)C1F. The Balaban J connectivity index is 1.38. The standard InChI is InChI=1S/C32H32FN5O5/c1-34-29-27-30(36-18-35-29)38(19-37-27)31-26(33)28(39)25(43-31)17-42-32(20-7-5-4-6-8-20,21-9-13-23(40-2)14-10-21)22-11-15-24(41-3)16-12-22/h4-16,18-19,25-26,28,31,39H,17H2,1-3H3,(H,34,35,36)/t25-,26?,28?,31-/m1/s1. The van der Waals surface area contributed by atoms with Crippen LogP contribution in [0, 0.1) is 0 Å². The molecule has 4 atom stereocenters. The average molecular weight is 586 g/mol. The van der Waals surface area contributed by atoms with E-state index in [1.165, 1.54) is 17.2 Å². The smallest absolute Gasteiger partial charge is 0.173 e. The zero-order valence-corrected chi connectivity index (χ0v) is 23.9. The van der Waals surface area contributed by atoms with Gasteiger partial charge in [-0.25, -0.2) is 19.3 Å². The Kier molecular flexibility index (Phi) is 7.94. The lowest BCUT2D eigenvalue weighted by Crippen LogP contribution is -2.39. The van der Waals surface area contributed by atoms with E-state index in [0.717, 1.165) is 16.7 Å². The number of aliphatic hydroxyl groups is 1. The third-order valence-corrected chi connectivity index (χ3v) is 7.80. The monoisotopic (exact) mass is 585 g/mol. The Morgan fingerprint density at radius 3 is 2.07 bits per heavy atom. The predicted molar refractivity (Wildman–Crippen MR) is 158 cm³/mol. The van der Waals surface area contributed by atoms with Crippen molar-refractivity contribution >= 4 is 17.0 Å². The number of methoxy groups -OCH3 is 2. The second-order valence-electron chi connectivity index (χ2n) is 10.1. The molecule has 3 heterocycles. The number of halogens is 1. The molecule has 0 aliphatic carbocycles. The molecule has 2 unspecified atom stereocenters. The van der Waals surface area contributed by atoms with Crippen molar-refractivity contribution in [3.63, 3.8) is 0 Å². The van der Waals surface area contributed by atoms with E-state index in [1.807, 2.05) is 78.9 Å². The summed E-state index contributed by atoms with van der Waals surface area (Å²) in [4.78, 5) is 12.8. The number of nitrogens with zero attached hydrogens (tertiary/aromatic N) is 4. The summed E-state index contributed by atoms with van der Waals surface area (Å²) in [5, 5.41) is 14.0. The maximum absolute atomic E-state index is 15.7. The fourth-order valence-electron chi connectivity index (χ4n) is 5.57. The van der Waals surface area contributed by atoms with E-state index in [-0.39, 0.29) is 6.61 Å². The summed E-state index contributed by atoms with van der Waals surface area (Å²) in [6.07, 6.45) is -2.58. The minimum atomic E-state index is -1.76. The zero-order chi connectivity index (χ0) is 30.0. The molecule has 3 aromatic carbocycles. The molecule has 222 valence electrons. The van der Waals surface area contributed by atoms with Gasteiger partial charge in [-0.15, -0.1) is 0 Å². The van der Waals surface area contributed by atoms with Crippen molar-refractivity contribution in [3.8, 4) is 11.5 Å². The number of imidazole rings is 1. The Morgan fingerprint density at radius 2 is 1.49 bits per heavy atom. The van der Waals surface area contributed by atoms with Gasteiger partial charge in [-0.1, -0.05) is 54.6 Å². The number of alkyl halides is 1. The Morgan fingerprint density at radius 1 is 0.884 bits per heavy atom. The molecule has 2 aromatic heterocycles. The minimum absolute atomic E-state index is 0.131. The average Bonchev–Trinajstić information content (AvgIpc) is 3.62. The topological polar surface area (TPSA) is 113 Å². The first kappa shape index (κ1) is 28.5. The maximum atomic E-state index is 15.7. The molecular weight excluding hydrogens is 553 g/mol. The van der Waals surface area contributed by atoms with Crippen LogP contribution in [0.3, 0.4) is 0 Å².